The van der Waals surface area contributed by atoms with Gasteiger partial charge < -0.3 is 4.74 Å². The minimum Gasteiger partial charge on any atom is -0.403 e. The van der Waals surface area contributed by atoms with Gasteiger partial charge >= 0.3 is 6.36 Å². The third kappa shape index (κ3) is 5.49. The van der Waals surface area contributed by atoms with Crippen molar-refractivity contribution in [1.29, 1.82) is 0 Å². The molecule has 0 aromatic heterocycles. The number of allylic oxidation sites excluding steroid dienone is 2. The zero-order valence-corrected chi connectivity index (χ0v) is 15.8. The number of hydrogen-bond donors (Lipinski definition) is 0. The van der Waals surface area contributed by atoms with Gasteiger partial charge in [-0.1, -0.05) is 44.7 Å². The summed E-state index contributed by atoms with van der Waals surface area (Å²) >= 11 is 0. The van der Waals surface area contributed by atoms with Crippen molar-refractivity contribution in [2.75, 3.05) is 0 Å². The molecule has 0 N–H and O–H groups in total. The van der Waals surface area contributed by atoms with Gasteiger partial charge in [0, 0.05) is 0 Å². The van der Waals surface area contributed by atoms with Gasteiger partial charge in [0.15, 0.2) is 11.6 Å². The molecule has 3 rings (SSSR count). The molecule has 1 fully saturated rings. The van der Waals surface area contributed by atoms with Crippen LogP contribution in [0.1, 0.15) is 70.3 Å². The summed E-state index contributed by atoms with van der Waals surface area (Å²) in [6.45, 7) is 2.25. The molecule has 2 aliphatic carbocycles. The maximum atomic E-state index is 14.0. The molecule has 150 valence electrons. The van der Waals surface area contributed by atoms with E-state index in [1.807, 2.05) is 0 Å². The van der Waals surface area contributed by atoms with Gasteiger partial charge in [0.05, 0.1) is 0 Å². The average molecular weight is 384 g/mol. The van der Waals surface area contributed by atoms with Gasteiger partial charge in [-0.2, -0.15) is 0 Å². The Hall–Kier alpha value is -1.52. The van der Waals surface area contributed by atoms with Crippen molar-refractivity contribution in [2.45, 2.75) is 71.1 Å². The maximum Gasteiger partial charge on any atom is 0.573 e. The monoisotopic (exact) mass is 384 g/mol. The Balaban J connectivity index is 1.58. The molecule has 1 aromatic carbocycles. The molecule has 1 atom stereocenters. The van der Waals surface area contributed by atoms with E-state index in [1.54, 1.807) is 0 Å². The number of benzene rings is 1. The van der Waals surface area contributed by atoms with Crippen molar-refractivity contribution in [1.82, 2.24) is 0 Å². The summed E-state index contributed by atoms with van der Waals surface area (Å²) in [6, 6.07) is 3.75. The van der Waals surface area contributed by atoms with Crippen LogP contribution in [0.25, 0.3) is 5.57 Å². The quantitative estimate of drug-likeness (QED) is 0.477. The van der Waals surface area contributed by atoms with Crippen molar-refractivity contribution in [3.63, 3.8) is 0 Å². The van der Waals surface area contributed by atoms with Gasteiger partial charge in [-0.3, -0.25) is 0 Å². The molecule has 0 radical (unpaired) electrons. The Morgan fingerprint density at radius 2 is 1.78 bits per heavy atom. The second kappa shape index (κ2) is 8.66. The van der Waals surface area contributed by atoms with Crippen molar-refractivity contribution in [3.05, 3.63) is 35.7 Å². The van der Waals surface area contributed by atoms with Gasteiger partial charge in [0.25, 0.3) is 0 Å². The molecule has 1 aromatic rings. The van der Waals surface area contributed by atoms with Gasteiger partial charge in [-0.15, -0.1) is 13.2 Å². The fourth-order valence-electron chi connectivity index (χ4n) is 4.81. The molecule has 0 aliphatic heterocycles. The molecule has 1 nitrogen and oxygen atoms in total. The van der Waals surface area contributed by atoms with Crippen LogP contribution in [0.5, 0.6) is 5.75 Å². The second-order valence-electron chi connectivity index (χ2n) is 8.03. The lowest BCUT2D eigenvalue weighted by molar-refractivity contribution is -0.275. The summed E-state index contributed by atoms with van der Waals surface area (Å²) in [6.07, 6.45) is 8.15. The lowest BCUT2D eigenvalue weighted by Crippen LogP contribution is -2.23. The van der Waals surface area contributed by atoms with E-state index in [-0.39, 0.29) is 0 Å². The molecule has 1 unspecified atom stereocenters. The molecule has 0 amide bonds. The van der Waals surface area contributed by atoms with Crippen LogP contribution < -0.4 is 4.74 Å². The van der Waals surface area contributed by atoms with E-state index < -0.39 is 17.9 Å². The van der Waals surface area contributed by atoms with Gasteiger partial charge in [0.2, 0.25) is 0 Å². The highest BCUT2D eigenvalue weighted by atomic mass is 19.4. The van der Waals surface area contributed by atoms with Crippen LogP contribution in [0.4, 0.5) is 17.6 Å². The lowest BCUT2D eigenvalue weighted by atomic mass is 9.70. The van der Waals surface area contributed by atoms with Crippen LogP contribution in [0.15, 0.2) is 24.3 Å². The molecule has 2 aliphatic rings. The number of rotatable bonds is 5. The molecule has 5 heteroatoms. The Bertz CT molecular complexity index is 657. The molecule has 0 bridgehead atoms. The molecule has 0 spiro atoms. The molecular weight excluding hydrogens is 356 g/mol. The fourth-order valence-corrected chi connectivity index (χ4v) is 4.81. The van der Waals surface area contributed by atoms with Crippen LogP contribution in [0.3, 0.4) is 0 Å². The Morgan fingerprint density at radius 3 is 2.33 bits per heavy atom. The van der Waals surface area contributed by atoms with Crippen molar-refractivity contribution in [3.8, 4) is 5.75 Å². The Morgan fingerprint density at radius 1 is 1.04 bits per heavy atom. The first-order chi connectivity index (χ1) is 12.9. The summed E-state index contributed by atoms with van der Waals surface area (Å²) in [5, 5.41) is 0. The van der Waals surface area contributed by atoms with Crippen LogP contribution in [0, 0.1) is 23.6 Å². The smallest absolute Gasteiger partial charge is 0.403 e. The highest BCUT2D eigenvalue weighted by molar-refractivity contribution is 5.67. The first-order valence-corrected chi connectivity index (χ1v) is 10.1. The summed E-state index contributed by atoms with van der Waals surface area (Å²) < 4.78 is 54.4. The average Bonchev–Trinajstić information content (AvgIpc) is 2.63. The second-order valence-corrected chi connectivity index (χ2v) is 8.03. The Labute approximate surface area is 158 Å². The van der Waals surface area contributed by atoms with E-state index >= 15 is 0 Å². The zero-order chi connectivity index (χ0) is 19.4. The van der Waals surface area contributed by atoms with Crippen LogP contribution in [-0.4, -0.2) is 6.36 Å². The highest BCUT2D eigenvalue weighted by Crippen LogP contribution is 2.42. The van der Waals surface area contributed by atoms with Crippen LogP contribution in [0.2, 0.25) is 0 Å². The lowest BCUT2D eigenvalue weighted by Gasteiger charge is -2.35. The standard InChI is InChI=1S/C22H28F4O/c1-2-3-15-4-6-16(7-5-15)17-8-10-18(11-9-17)19-12-13-21(20(23)14-19)27-22(24,25)26/h10,12-17H,2-9,11H2,1H3. The summed E-state index contributed by atoms with van der Waals surface area (Å²) in [5.41, 5.74) is 1.69. The number of alkyl halides is 3. The van der Waals surface area contributed by atoms with E-state index in [1.165, 1.54) is 44.6 Å². The minimum atomic E-state index is -4.88. The van der Waals surface area contributed by atoms with Crippen LogP contribution >= 0.6 is 0 Å². The topological polar surface area (TPSA) is 9.23 Å². The van der Waals surface area contributed by atoms with Crippen molar-refractivity contribution >= 4 is 5.57 Å². The van der Waals surface area contributed by atoms with E-state index in [0.717, 1.165) is 48.8 Å². The predicted octanol–water partition coefficient (Wildman–Crippen LogP) is 7.51. The van der Waals surface area contributed by atoms with Crippen molar-refractivity contribution in [2.24, 2.45) is 17.8 Å². The SMILES string of the molecule is CCCC1CCC(C2CC=C(c3ccc(OC(F)(F)F)c(F)c3)CC2)CC1. The number of hydrogen-bond acceptors (Lipinski definition) is 1. The summed E-state index contributed by atoms with van der Waals surface area (Å²) in [5.74, 6) is 0.636. The predicted molar refractivity (Wildman–Crippen MR) is 98.8 cm³/mol. The highest BCUT2D eigenvalue weighted by Gasteiger charge is 2.33. The summed E-state index contributed by atoms with van der Waals surface area (Å²) in [4.78, 5) is 0. The number of ether oxygens (including phenoxy) is 1. The minimum absolute atomic E-state index is 0.659. The molecule has 27 heavy (non-hydrogen) atoms. The number of halogens is 4. The first kappa shape index (κ1) is 20.2. The van der Waals surface area contributed by atoms with Gasteiger partial charge in [0.1, 0.15) is 0 Å². The molecule has 0 heterocycles. The summed E-state index contributed by atoms with van der Waals surface area (Å²) in [7, 11) is 0. The third-order valence-electron chi connectivity index (χ3n) is 6.23. The Kier molecular flexibility index (Phi) is 6.48. The van der Waals surface area contributed by atoms with E-state index in [2.05, 4.69) is 17.7 Å². The molecule has 0 saturated heterocycles. The maximum absolute atomic E-state index is 14.0. The van der Waals surface area contributed by atoms with Crippen molar-refractivity contribution < 1.29 is 22.3 Å². The normalized spacial score (nSPS) is 26.6. The molecular formula is C22H28F4O. The largest absolute Gasteiger partial charge is 0.573 e. The fraction of sp³-hybridized carbons (Fsp3) is 0.636. The van der Waals surface area contributed by atoms with E-state index in [4.69, 9.17) is 0 Å². The first-order valence-electron chi connectivity index (χ1n) is 10.1. The molecule has 1 saturated carbocycles. The van der Waals surface area contributed by atoms with Crippen LogP contribution in [-0.2, 0) is 0 Å². The van der Waals surface area contributed by atoms with E-state index in [9.17, 15) is 17.6 Å². The van der Waals surface area contributed by atoms with Gasteiger partial charge in [-0.05, 0) is 73.1 Å². The zero-order valence-electron chi connectivity index (χ0n) is 15.8. The third-order valence-corrected chi connectivity index (χ3v) is 6.23. The van der Waals surface area contributed by atoms with E-state index in [0.29, 0.717) is 11.5 Å². The van der Waals surface area contributed by atoms with Gasteiger partial charge in [-0.25, -0.2) is 4.39 Å².